The number of hydrogen-bond donors (Lipinski definition) is 2. The van der Waals surface area contributed by atoms with Crippen LogP contribution in [0.3, 0.4) is 0 Å². The summed E-state index contributed by atoms with van der Waals surface area (Å²) in [5, 5.41) is 12.2. The average Bonchev–Trinajstić information content (AvgIpc) is 2.52. The van der Waals surface area contributed by atoms with Gasteiger partial charge in [0.05, 0.1) is 12.0 Å². The van der Waals surface area contributed by atoms with Gasteiger partial charge in [-0.2, -0.15) is 0 Å². The highest BCUT2D eigenvalue weighted by Gasteiger charge is 2.31. The summed E-state index contributed by atoms with van der Waals surface area (Å²) in [5.74, 6) is -1.09. The lowest BCUT2D eigenvalue weighted by atomic mass is 9.82. The smallest absolute Gasteiger partial charge is 0.317 e. The molecule has 1 aliphatic heterocycles. The summed E-state index contributed by atoms with van der Waals surface area (Å²) in [5.41, 5.74) is 0.963. The van der Waals surface area contributed by atoms with Crippen molar-refractivity contribution in [1.29, 1.82) is 0 Å². The van der Waals surface area contributed by atoms with Crippen molar-refractivity contribution in [3.05, 3.63) is 35.9 Å². The molecule has 1 heterocycles. The van der Waals surface area contributed by atoms with Crippen LogP contribution in [0.5, 0.6) is 0 Å². The van der Waals surface area contributed by atoms with E-state index in [1.165, 1.54) is 0 Å². The molecule has 2 rings (SSSR count). The molecule has 1 saturated heterocycles. The number of carbonyl (C=O) groups is 2. The second-order valence-corrected chi connectivity index (χ2v) is 7.26. The summed E-state index contributed by atoms with van der Waals surface area (Å²) in [7, 11) is 0. The van der Waals surface area contributed by atoms with Crippen molar-refractivity contribution in [2.75, 3.05) is 13.1 Å². The zero-order chi connectivity index (χ0) is 17.0. The van der Waals surface area contributed by atoms with Crippen LogP contribution < -0.4 is 5.32 Å². The molecule has 2 N–H and O–H groups in total. The molecule has 1 aliphatic rings. The minimum absolute atomic E-state index is 0.0894. The van der Waals surface area contributed by atoms with Gasteiger partial charge in [0.1, 0.15) is 0 Å². The van der Waals surface area contributed by atoms with Gasteiger partial charge < -0.3 is 15.3 Å². The lowest BCUT2D eigenvalue weighted by molar-refractivity contribution is -0.143. The van der Waals surface area contributed by atoms with Crippen molar-refractivity contribution in [3.8, 4) is 0 Å². The van der Waals surface area contributed by atoms with Crippen LogP contribution in [0, 0.1) is 11.3 Å². The molecule has 5 nitrogen and oxygen atoms in total. The van der Waals surface area contributed by atoms with Gasteiger partial charge in [-0.25, -0.2) is 4.79 Å². The number of urea groups is 1. The van der Waals surface area contributed by atoms with Crippen molar-refractivity contribution in [2.24, 2.45) is 11.3 Å². The van der Waals surface area contributed by atoms with E-state index in [2.05, 4.69) is 26.1 Å². The fraction of sp³-hybridized carbons (Fsp3) is 0.556. The lowest BCUT2D eigenvalue weighted by Crippen LogP contribution is -2.48. The monoisotopic (exact) mass is 318 g/mol. The zero-order valence-electron chi connectivity index (χ0n) is 14.1. The standard InChI is InChI=1S/C18H26N2O3/c1-18(2,3)15(13-7-5-4-6-8-13)19-17(23)20-11-9-14(10-12-20)16(21)22/h4-8,14-15H,9-12H2,1-3H3,(H,19,23)(H,21,22). The number of amides is 2. The largest absolute Gasteiger partial charge is 0.481 e. The van der Waals surface area contributed by atoms with E-state index in [9.17, 15) is 9.59 Å². The third kappa shape index (κ3) is 4.47. The SMILES string of the molecule is CC(C)(C)C(NC(=O)N1CCC(C(=O)O)CC1)c1ccccc1. The maximum Gasteiger partial charge on any atom is 0.317 e. The second-order valence-electron chi connectivity index (χ2n) is 7.26. The number of nitrogens with zero attached hydrogens (tertiary/aromatic N) is 1. The quantitative estimate of drug-likeness (QED) is 0.898. The Morgan fingerprint density at radius 1 is 1.17 bits per heavy atom. The van der Waals surface area contributed by atoms with Gasteiger partial charge in [-0.05, 0) is 23.8 Å². The Labute approximate surface area is 137 Å². The van der Waals surface area contributed by atoms with E-state index in [0.29, 0.717) is 25.9 Å². The highest BCUT2D eigenvalue weighted by molar-refractivity contribution is 5.76. The molecule has 1 aromatic carbocycles. The molecule has 1 aromatic rings. The first-order chi connectivity index (χ1) is 10.8. The third-order valence-corrected chi connectivity index (χ3v) is 4.40. The number of aliphatic carboxylic acids is 1. The predicted molar refractivity (Wildman–Crippen MR) is 89.1 cm³/mol. The van der Waals surface area contributed by atoms with E-state index in [4.69, 9.17) is 5.11 Å². The first-order valence-corrected chi connectivity index (χ1v) is 8.12. The normalized spacial score (nSPS) is 17.6. The Bertz CT molecular complexity index is 543. The highest BCUT2D eigenvalue weighted by Crippen LogP contribution is 2.33. The maximum absolute atomic E-state index is 12.6. The van der Waals surface area contributed by atoms with Crippen molar-refractivity contribution in [1.82, 2.24) is 10.2 Å². The average molecular weight is 318 g/mol. The molecular weight excluding hydrogens is 292 g/mol. The minimum Gasteiger partial charge on any atom is -0.481 e. The molecular formula is C18H26N2O3. The summed E-state index contributed by atoms with van der Waals surface area (Å²) in [6, 6.07) is 9.74. The Kier molecular flexibility index (Phi) is 5.29. The van der Waals surface area contributed by atoms with Crippen LogP contribution in [0.15, 0.2) is 30.3 Å². The van der Waals surface area contributed by atoms with Gasteiger partial charge in [0.2, 0.25) is 0 Å². The van der Waals surface area contributed by atoms with Gasteiger partial charge >= 0.3 is 12.0 Å². The zero-order valence-corrected chi connectivity index (χ0v) is 14.1. The van der Waals surface area contributed by atoms with Gasteiger partial charge in [0.15, 0.2) is 0 Å². The van der Waals surface area contributed by atoms with Crippen LogP contribution in [-0.4, -0.2) is 35.1 Å². The Hall–Kier alpha value is -2.04. The van der Waals surface area contributed by atoms with Crippen LogP contribution >= 0.6 is 0 Å². The summed E-state index contributed by atoms with van der Waals surface area (Å²) < 4.78 is 0. The molecule has 2 amide bonds. The van der Waals surface area contributed by atoms with Gasteiger partial charge in [-0.15, -0.1) is 0 Å². The van der Waals surface area contributed by atoms with Crippen LogP contribution in [0.2, 0.25) is 0 Å². The molecule has 5 heteroatoms. The van der Waals surface area contributed by atoms with Crippen molar-refractivity contribution < 1.29 is 14.7 Å². The Balaban J connectivity index is 2.03. The number of piperidine rings is 1. The molecule has 1 atom stereocenters. The molecule has 0 bridgehead atoms. The molecule has 0 aliphatic carbocycles. The number of hydrogen-bond acceptors (Lipinski definition) is 2. The van der Waals surface area contributed by atoms with Crippen molar-refractivity contribution in [2.45, 2.75) is 39.7 Å². The van der Waals surface area contributed by atoms with Crippen LogP contribution in [0.25, 0.3) is 0 Å². The van der Waals surface area contributed by atoms with Gasteiger partial charge in [-0.3, -0.25) is 4.79 Å². The fourth-order valence-electron chi connectivity index (χ4n) is 2.99. The van der Waals surface area contributed by atoms with Crippen LogP contribution in [0.4, 0.5) is 4.79 Å². The number of carboxylic acids is 1. The molecule has 0 aromatic heterocycles. The number of carboxylic acid groups (broad SMARTS) is 1. The summed E-state index contributed by atoms with van der Waals surface area (Å²) in [6.07, 6.45) is 1.04. The predicted octanol–water partition coefficient (Wildman–Crippen LogP) is 3.28. The van der Waals surface area contributed by atoms with E-state index in [1.54, 1.807) is 4.90 Å². The van der Waals surface area contributed by atoms with Gasteiger partial charge in [0.25, 0.3) is 0 Å². The molecule has 126 valence electrons. The minimum atomic E-state index is -0.762. The highest BCUT2D eigenvalue weighted by atomic mass is 16.4. The van der Waals surface area contributed by atoms with E-state index >= 15 is 0 Å². The lowest BCUT2D eigenvalue weighted by Gasteiger charge is -2.36. The summed E-state index contributed by atoms with van der Waals surface area (Å²) in [6.45, 7) is 7.29. The second kappa shape index (κ2) is 7.02. The van der Waals surface area contributed by atoms with Gasteiger partial charge in [0, 0.05) is 13.1 Å². The van der Waals surface area contributed by atoms with Crippen LogP contribution in [0.1, 0.15) is 45.2 Å². The first-order valence-electron chi connectivity index (χ1n) is 8.12. The number of carbonyl (C=O) groups excluding carboxylic acids is 1. The molecule has 23 heavy (non-hydrogen) atoms. The summed E-state index contributed by atoms with van der Waals surface area (Å²) >= 11 is 0. The molecule has 0 saturated carbocycles. The third-order valence-electron chi connectivity index (χ3n) is 4.40. The Morgan fingerprint density at radius 2 is 1.74 bits per heavy atom. The topological polar surface area (TPSA) is 69.6 Å². The molecule has 1 unspecified atom stereocenters. The fourth-order valence-corrected chi connectivity index (χ4v) is 2.99. The number of likely N-dealkylation sites (tertiary alicyclic amines) is 1. The van der Waals surface area contributed by atoms with E-state index in [1.807, 2.05) is 30.3 Å². The number of nitrogens with one attached hydrogen (secondary N) is 1. The molecule has 0 radical (unpaired) electrons. The molecule has 0 spiro atoms. The van der Waals surface area contributed by atoms with Crippen molar-refractivity contribution in [3.63, 3.8) is 0 Å². The Morgan fingerprint density at radius 3 is 2.22 bits per heavy atom. The first kappa shape index (κ1) is 17.3. The number of rotatable bonds is 3. The van der Waals surface area contributed by atoms with Gasteiger partial charge in [-0.1, -0.05) is 51.1 Å². The van der Waals surface area contributed by atoms with E-state index in [0.717, 1.165) is 5.56 Å². The number of benzene rings is 1. The van der Waals surface area contributed by atoms with E-state index < -0.39 is 5.97 Å². The maximum atomic E-state index is 12.6. The van der Waals surface area contributed by atoms with Crippen molar-refractivity contribution >= 4 is 12.0 Å². The van der Waals surface area contributed by atoms with Crippen LogP contribution in [-0.2, 0) is 4.79 Å². The molecule has 1 fully saturated rings. The summed E-state index contributed by atoms with van der Waals surface area (Å²) in [4.78, 5) is 25.3. The van der Waals surface area contributed by atoms with E-state index in [-0.39, 0.29) is 23.4 Å².